The highest BCUT2D eigenvalue weighted by Crippen LogP contribution is 2.04. The molecule has 0 bridgehead atoms. The van der Waals surface area contributed by atoms with Crippen LogP contribution in [-0.2, 0) is 6.42 Å². The van der Waals surface area contributed by atoms with E-state index in [4.69, 9.17) is 0 Å². The van der Waals surface area contributed by atoms with Crippen LogP contribution in [0.15, 0.2) is 18.5 Å². The highest BCUT2D eigenvalue weighted by atomic mass is 15.1. The van der Waals surface area contributed by atoms with Crippen LogP contribution in [0.2, 0.25) is 0 Å². The van der Waals surface area contributed by atoms with Crippen LogP contribution < -0.4 is 5.32 Å². The predicted octanol–water partition coefficient (Wildman–Crippen LogP) is 0.960. The van der Waals surface area contributed by atoms with Gasteiger partial charge >= 0.3 is 0 Å². The van der Waals surface area contributed by atoms with E-state index in [2.05, 4.69) is 39.3 Å². The molecule has 0 atom stereocenters. The summed E-state index contributed by atoms with van der Waals surface area (Å²) in [6.07, 6.45) is 4.15. The maximum Gasteiger partial charge on any atom is 0.200 e. The van der Waals surface area contributed by atoms with Gasteiger partial charge in [0.2, 0.25) is 0 Å². The average molecular weight is 217 g/mol. The molecule has 5 nitrogen and oxygen atoms in total. The van der Waals surface area contributed by atoms with Crippen molar-refractivity contribution in [2.24, 2.45) is 0 Å². The summed E-state index contributed by atoms with van der Waals surface area (Å²) in [7, 11) is 0. The maximum atomic E-state index is 4.20. The van der Waals surface area contributed by atoms with Crippen LogP contribution in [0.5, 0.6) is 0 Å². The van der Waals surface area contributed by atoms with E-state index < -0.39 is 0 Å². The fraction of sp³-hybridized carbons (Fsp3) is 0.455. The van der Waals surface area contributed by atoms with Crippen LogP contribution in [0.4, 0.5) is 0 Å². The molecule has 84 valence electrons. The lowest BCUT2D eigenvalue weighted by atomic mass is 10.2. The summed E-state index contributed by atoms with van der Waals surface area (Å²) in [4.78, 5) is 8.28. The van der Waals surface area contributed by atoms with Gasteiger partial charge in [-0.2, -0.15) is 5.10 Å². The van der Waals surface area contributed by atoms with E-state index >= 15 is 0 Å². The van der Waals surface area contributed by atoms with E-state index in [0.717, 1.165) is 24.2 Å². The number of nitrogens with zero attached hydrogens (tertiary/aromatic N) is 4. The molecular formula is C11H15N5. The third kappa shape index (κ3) is 2.70. The normalized spacial score (nSPS) is 11.2. The summed E-state index contributed by atoms with van der Waals surface area (Å²) >= 11 is 0. The predicted molar refractivity (Wildman–Crippen MR) is 62.0 cm³/mol. The van der Waals surface area contributed by atoms with Crippen molar-refractivity contribution >= 4 is 11.2 Å². The third-order valence-electron chi connectivity index (χ3n) is 2.22. The van der Waals surface area contributed by atoms with Gasteiger partial charge < -0.3 is 5.32 Å². The largest absolute Gasteiger partial charge is 0.314 e. The SMILES string of the molecule is CC(C)NCCc1cc2nccnc2nn1. The molecule has 0 aliphatic carbocycles. The first-order valence-corrected chi connectivity index (χ1v) is 5.42. The molecular weight excluding hydrogens is 202 g/mol. The fourth-order valence-electron chi connectivity index (χ4n) is 1.43. The number of hydrogen-bond acceptors (Lipinski definition) is 5. The van der Waals surface area contributed by atoms with Gasteiger partial charge in [0, 0.05) is 31.4 Å². The Hall–Kier alpha value is -1.62. The van der Waals surface area contributed by atoms with Crippen molar-refractivity contribution in [3.05, 3.63) is 24.2 Å². The van der Waals surface area contributed by atoms with Crippen molar-refractivity contribution in [3.8, 4) is 0 Å². The Morgan fingerprint density at radius 2 is 2.00 bits per heavy atom. The van der Waals surface area contributed by atoms with Gasteiger partial charge in [0.15, 0.2) is 5.65 Å². The van der Waals surface area contributed by atoms with E-state index in [-0.39, 0.29) is 0 Å². The number of rotatable bonds is 4. The quantitative estimate of drug-likeness (QED) is 0.826. The molecule has 0 saturated heterocycles. The van der Waals surface area contributed by atoms with Gasteiger partial charge in [0.1, 0.15) is 5.52 Å². The molecule has 16 heavy (non-hydrogen) atoms. The fourth-order valence-corrected chi connectivity index (χ4v) is 1.43. The molecule has 2 rings (SSSR count). The minimum absolute atomic E-state index is 0.494. The summed E-state index contributed by atoms with van der Waals surface area (Å²) in [6, 6.07) is 2.44. The smallest absolute Gasteiger partial charge is 0.200 e. The molecule has 0 amide bonds. The maximum absolute atomic E-state index is 4.20. The number of aromatic nitrogens is 4. The van der Waals surface area contributed by atoms with E-state index in [9.17, 15) is 0 Å². The van der Waals surface area contributed by atoms with Gasteiger partial charge in [0.25, 0.3) is 0 Å². The molecule has 0 saturated carbocycles. The van der Waals surface area contributed by atoms with Crippen molar-refractivity contribution in [2.45, 2.75) is 26.3 Å². The monoisotopic (exact) mass is 217 g/mol. The van der Waals surface area contributed by atoms with Crippen LogP contribution in [-0.4, -0.2) is 32.8 Å². The van der Waals surface area contributed by atoms with Gasteiger partial charge in [-0.25, -0.2) is 4.98 Å². The zero-order valence-electron chi connectivity index (χ0n) is 9.51. The van der Waals surface area contributed by atoms with Crippen LogP contribution >= 0.6 is 0 Å². The first-order chi connectivity index (χ1) is 7.75. The first kappa shape index (κ1) is 10.9. The lowest BCUT2D eigenvalue weighted by Gasteiger charge is -2.06. The highest BCUT2D eigenvalue weighted by Gasteiger charge is 2.01. The summed E-state index contributed by atoms with van der Waals surface area (Å²) in [5.41, 5.74) is 2.35. The molecule has 2 aromatic heterocycles. The molecule has 0 aromatic carbocycles. The van der Waals surface area contributed by atoms with Crippen molar-refractivity contribution in [2.75, 3.05) is 6.54 Å². The average Bonchev–Trinajstić information content (AvgIpc) is 2.28. The minimum Gasteiger partial charge on any atom is -0.314 e. The molecule has 0 radical (unpaired) electrons. The molecule has 1 N–H and O–H groups in total. The van der Waals surface area contributed by atoms with E-state index in [1.54, 1.807) is 12.4 Å². The second-order valence-electron chi connectivity index (χ2n) is 3.96. The van der Waals surface area contributed by atoms with Crippen molar-refractivity contribution < 1.29 is 0 Å². The van der Waals surface area contributed by atoms with Gasteiger partial charge in [-0.15, -0.1) is 5.10 Å². The molecule has 0 aliphatic heterocycles. The Labute approximate surface area is 94.3 Å². The standard InChI is InChI=1S/C11H15N5/c1-8(2)12-4-3-9-7-10-11(16-15-9)14-6-5-13-10/h5-8,12H,3-4H2,1-2H3. The second kappa shape index (κ2) is 4.94. The lowest BCUT2D eigenvalue weighted by molar-refractivity contribution is 0.585. The lowest BCUT2D eigenvalue weighted by Crippen LogP contribution is -2.25. The highest BCUT2D eigenvalue weighted by molar-refractivity contribution is 5.68. The summed E-state index contributed by atoms with van der Waals surface area (Å²) in [5, 5.41) is 11.5. The second-order valence-corrected chi connectivity index (χ2v) is 3.96. The topological polar surface area (TPSA) is 63.6 Å². The first-order valence-electron chi connectivity index (χ1n) is 5.42. The van der Waals surface area contributed by atoms with Gasteiger partial charge in [-0.3, -0.25) is 4.98 Å². The molecule has 2 heterocycles. The zero-order chi connectivity index (χ0) is 11.4. The Bertz CT molecular complexity index is 469. The van der Waals surface area contributed by atoms with Crippen molar-refractivity contribution in [1.82, 2.24) is 25.5 Å². The van der Waals surface area contributed by atoms with E-state index in [1.165, 1.54) is 0 Å². The number of hydrogen-bond donors (Lipinski definition) is 1. The summed E-state index contributed by atoms with van der Waals surface area (Å²) < 4.78 is 0. The van der Waals surface area contributed by atoms with E-state index in [0.29, 0.717) is 11.7 Å². The van der Waals surface area contributed by atoms with Gasteiger partial charge in [-0.1, -0.05) is 13.8 Å². The summed E-state index contributed by atoms with van der Waals surface area (Å²) in [5.74, 6) is 0. The Kier molecular flexibility index (Phi) is 3.36. The third-order valence-corrected chi connectivity index (χ3v) is 2.22. The van der Waals surface area contributed by atoms with E-state index in [1.807, 2.05) is 6.07 Å². The van der Waals surface area contributed by atoms with Crippen LogP contribution in [0.3, 0.4) is 0 Å². The number of fused-ring (bicyclic) bond motifs is 1. The Balaban J connectivity index is 2.08. The molecule has 0 spiro atoms. The van der Waals surface area contributed by atoms with Crippen molar-refractivity contribution in [1.29, 1.82) is 0 Å². The van der Waals surface area contributed by atoms with Crippen LogP contribution in [0.1, 0.15) is 19.5 Å². The Morgan fingerprint density at radius 1 is 1.19 bits per heavy atom. The van der Waals surface area contributed by atoms with Crippen LogP contribution in [0.25, 0.3) is 11.2 Å². The Morgan fingerprint density at radius 3 is 2.81 bits per heavy atom. The van der Waals surface area contributed by atoms with Gasteiger partial charge in [0.05, 0.1) is 5.69 Å². The molecule has 0 unspecified atom stereocenters. The molecule has 0 aliphatic rings. The van der Waals surface area contributed by atoms with Crippen molar-refractivity contribution in [3.63, 3.8) is 0 Å². The van der Waals surface area contributed by atoms with Gasteiger partial charge in [-0.05, 0) is 6.07 Å². The summed E-state index contributed by atoms with van der Waals surface area (Å²) in [6.45, 7) is 5.15. The molecule has 0 fully saturated rings. The minimum atomic E-state index is 0.494. The molecule has 2 aromatic rings. The van der Waals surface area contributed by atoms with Crippen LogP contribution in [0, 0.1) is 0 Å². The molecule has 5 heteroatoms. The number of nitrogens with one attached hydrogen (secondary N) is 1. The zero-order valence-corrected chi connectivity index (χ0v) is 9.51.